The zero-order valence-electron chi connectivity index (χ0n) is 6.19. The number of hydrogen-bond donors (Lipinski definition) is 0. The van der Waals surface area contributed by atoms with E-state index in [0.717, 1.165) is 6.29 Å². The van der Waals surface area contributed by atoms with Gasteiger partial charge in [-0.3, -0.25) is 9.00 Å². The van der Waals surface area contributed by atoms with Crippen molar-refractivity contribution in [3.05, 3.63) is 24.0 Å². The van der Waals surface area contributed by atoms with Crippen LogP contribution in [-0.4, -0.2) is 21.3 Å². The molecule has 1 atom stereocenters. The van der Waals surface area contributed by atoms with Crippen molar-refractivity contribution in [2.24, 2.45) is 0 Å². The molecule has 1 heterocycles. The first-order valence-electron chi connectivity index (χ1n) is 3.14. The Morgan fingerprint density at radius 3 is 3.00 bits per heavy atom. The van der Waals surface area contributed by atoms with Gasteiger partial charge >= 0.3 is 0 Å². The lowest BCUT2D eigenvalue weighted by Crippen LogP contribution is -2.04. The molecule has 0 bridgehead atoms. The average molecular weight is 171 g/mol. The van der Waals surface area contributed by atoms with E-state index in [0.29, 0.717) is 11.6 Å². The van der Waals surface area contributed by atoms with E-state index in [2.05, 4.69) is 0 Å². The zero-order chi connectivity index (χ0) is 8.27. The Kier molecular flexibility index (Phi) is 2.59. The molecule has 1 aromatic heterocycles. The molecule has 0 aliphatic rings. The highest BCUT2D eigenvalue weighted by Crippen LogP contribution is 1.99. The second-order valence-corrected chi connectivity index (χ2v) is 3.63. The highest BCUT2D eigenvalue weighted by atomic mass is 32.2. The second kappa shape index (κ2) is 3.48. The molecule has 0 amide bonds. The molecule has 0 spiro atoms. The summed E-state index contributed by atoms with van der Waals surface area (Å²) in [5.41, 5.74) is 0.570. The molecule has 60 valence electrons. The summed E-state index contributed by atoms with van der Waals surface area (Å²) in [7, 11) is -0.903. The van der Waals surface area contributed by atoms with Crippen LogP contribution in [0.5, 0.6) is 0 Å². The van der Waals surface area contributed by atoms with Gasteiger partial charge in [0.05, 0.1) is 11.6 Å². The van der Waals surface area contributed by atoms with Gasteiger partial charge in [-0.15, -0.1) is 0 Å². The minimum Gasteiger partial charge on any atom is -0.333 e. The van der Waals surface area contributed by atoms with Crippen molar-refractivity contribution < 1.29 is 9.00 Å². The summed E-state index contributed by atoms with van der Waals surface area (Å²) >= 11 is 0. The molecule has 1 rings (SSSR count). The maximum absolute atomic E-state index is 10.8. The van der Waals surface area contributed by atoms with E-state index in [1.54, 1.807) is 29.2 Å². The van der Waals surface area contributed by atoms with E-state index >= 15 is 0 Å². The molecule has 0 aliphatic heterocycles. The van der Waals surface area contributed by atoms with E-state index in [-0.39, 0.29) is 0 Å². The molecular formula is C7H9NO2S. The van der Waals surface area contributed by atoms with E-state index in [1.807, 2.05) is 0 Å². The van der Waals surface area contributed by atoms with Gasteiger partial charge in [0.15, 0.2) is 6.29 Å². The fourth-order valence-corrected chi connectivity index (χ4v) is 1.47. The zero-order valence-corrected chi connectivity index (χ0v) is 7.00. The van der Waals surface area contributed by atoms with E-state index in [4.69, 9.17) is 0 Å². The summed E-state index contributed by atoms with van der Waals surface area (Å²) in [6, 6.07) is 3.45. The van der Waals surface area contributed by atoms with Crippen LogP contribution >= 0.6 is 0 Å². The van der Waals surface area contributed by atoms with Crippen LogP contribution in [0.2, 0.25) is 0 Å². The topological polar surface area (TPSA) is 39.1 Å². The number of aromatic nitrogens is 1. The van der Waals surface area contributed by atoms with Crippen LogP contribution in [0.4, 0.5) is 0 Å². The monoisotopic (exact) mass is 171 g/mol. The number of aldehydes is 1. The molecule has 0 saturated heterocycles. The van der Waals surface area contributed by atoms with Crippen molar-refractivity contribution in [1.29, 1.82) is 0 Å². The second-order valence-electron chi connectivity index (χ2n) is 2.22. The third-order valence-corrected chi connectivity index (χ3v) is 1.95. The smallest absolute Gasteiger partial charge is 0.166 e. The van der Waals surface area contributed by atoms with E-state index in [1.165, 1.54) is 0 Å². The molecule has 0 saturated carbocycles. The first-order chi connectivity index (χ1) is 5.24. The highest BCUT2D eigenvalue weighted by molar-refractivity contribution is 7.83. The van der Waals surface area contributed by atoms with Crippen molar-refractivity contribution in [2.75, 3.05) is 6.26 Å². The van der Waals surface area contributed by atoms with Gasteiger partial charge in [-0.05, 0) is 12.1 Å². The Morgan fingerprint density at radius 2 is 2.45 bits per heavy atom. The summed E-state index contributed by atoms with van der Waals surface area (Å²) in [5.74, 6) is 0.390. The molecule has 1 aromatic rings. The number of carbonyl (C=O) groups excluding carboxylic acids is 1. The predicted molar refractivity (Wildman–Crippen MR) is 43.9 cm³/mol. The summed E-state index contributed by atoms with van der Waals surface area (Å²) in [6.45, 7) is 0. The van der Waals surface area contributed by atoms with Crippen molar-refractivity contribution in [2.45, 2.75) is 5.88 Å². The summed E-state index contributed by atoms with van der Waals surface area (Å²) in [4.78, 5) is 10.4. The van der Waals surface area contributed by atoms with Crippen LogP contribution in [0.15, 0.2) is 18.3 Å². The average Bonchev–Trinajstić information content (AvgIpc) is 2.34. The van der Waals surface area contributed by atoms with Crippen molar-refractivity contribution >= 4 is 17.1 Å². The fourth-order valence-electron chi connectivity index (χ4n) is 0.848. The molecular weight excluding hydrogens is 162 g/mol. The third kappa shape index (κ3) is 2.01. The molecule has 3 nitrogen and oxygen atoms in total. The summed E-state index contributed by atoms with van der Waals surface area (Å²) < 4.78 is 12.4. The molecule has 0 radical (unpaired) electrons. The molecule has 1 unspecified atom stereocenters. The van der Waals surface area contributed by atoms with Gasteiger partial charge in [0.25, 0.3) is 0 Å². The summed E-state index contributed by atoms with van der Waals surface area (Å²) in [6.07, 6.45) is 4.10. The molecule has 11 heavy (non-hydrogen) atoms. The number of rotatable bonds is 3. The van der Waals surface area contributed by atoms with Crippen LogP contribution in [0.3, 0.4) is 0 Å². The first kappa shape index (κ1) is 8.20. The molecule has 0 fully saturated rings. The van der Waals surface area contributed by atoms with Gasteiger partial charge in [-0.25, -0.2) is 0 Å². The quantitative estimate of drug-likeness (QED) is 0.626. The molecule has 0 N–H and O–H groups in total. The largest absolute Gasteiger partial charge is 0.333 e. The normalized spacial score (nSPS) is 12.8. The van der Waals surface area contributed by atoms with Crippen molar-refractivity contribution in [1.82, 2.24) is 4.57 Å². The van der Waals surface area contributed by atoms with Crippen molar-refractivity contribution in [3.8, 4) is 0 Å². The lowest BCUT2D eigenvalue weighted by atomic mass is 10.5. The third-order valence-electron chi connectivity index (χ3n) is 1.31. The van der Waals surface area contributed by atoms with Gasteiger partial charge in [0.1, 0.15) is 0 Å². The van der Waals surface area contributed by atoms with Gasteiger partial charge in [-0.1, -0.05) is 0 Å². The fraction of sp³-hybridized carbons (Fsp3) is 0.286. The van der Waals surface area contributed by atoms with Crippen LogP contribution in [-0.2, 0) is 16.7 Å². The number of hydrogen-bond acceptors (Lipinski definition) is 2. The van der Waals surface area contributed by atoms with Crippen LogP contribution in [0, 0.1) is 0 Å². The number of carbonyl (C=O) groups is 1. The van der Waals surface area contributed by atoms with Gasteiger partial charge in [0.2, 0.25) is 0 Å². The minimum absolute atomic E-state index is 0.390. The maximum atomic E-state index is 10.8. The van der Waals surface area contributed by atoms with Crippen LogP contribution < -0.4 is 0 Å². The predicted octanol–water partition coefficient (Wildman–Crippen LogP) is 0.637. The standard InChI is InChI=1S/C7H9NO2S/c1-11(10)6-8-4-2-3-7(8)5-9/h2-5H,6H2,1H3. The lowest BCUT2D eigenvalue weighted by molar-refractivity contribution is 0.111. The molecule has 0 aromatic carbocycles. The lowest BCUT2D eigenvalue weighted by Gasteiger charge is -2.00. The maximum Gasteiger partial charge on any atom is 0.166 e. The summed E-state index contributed by atoms with van der Waals surface area (Å²) in [5, 5.41) is 0. The van der Waals surface area contributed by atoms with E-state index in [9.17, 15) is 9.00 Å². The number of nitrogens with zero attached hydrogens (tertiary/aromatic N) is 1. The highest BCUT2D eigenvalue weighted by Gasteiger charge is 1.99. The van der Waals surface area contributed by atoms with Crippen molar-refractivity contribution in [3.63, 3.8) is 0 Å². The Labute approximate surface area is 67.5 Å². The van der Waals surface area contributed by atoms with E-state index < -0.39 is 10.8 Å². The first-order valence-corrected chi connectivity index (χ1v) is 4.87. The van der Waals surface area contributed by atoms with Crippen LogP contribution in [0.25, 0.3) is 0 Å². The SMILES string of the molecule is CS(=O)Cn1cccc1C=O. The van der Waals surface area contributed by atoms with Gasteiger partial charge < -0.3 is 4.57 Å². The Hall–Kier alpha value is -0.900. The molecule has 0 aliphatic carbocycles. The Morgan fingerprint density at radius 1 is 1.73 bits per heavy atom. The van der Waals surface area contributed by atoms with Crippen LogP contribution in [0.1, 0.15) is 10.5 Å². The van der Waals surface area contributed by atoms with Gasteiger partial charge in [0, 0.05) is 23.3 Å². The van der Waals surface area contributed by atoms with Gasteiger partial charge in [-0.2, -0.15) is 0 Å². The Bertz CT molecular complexity index is 280. The minimum atomic E-state index is -0.903. The molecule has 4 heteroatoms. The Balaban J connectivity index is 2.84.